The van der Waals surface area contributed by atoms with Crippen LogP contribution in [-0.2, 0) is 6.54 Å². The quantitative estimate of drug-likeness (QED) is 0.848. The molecule has 1 N–H and O–H groups in total. The van der Waals surface area contributed by atoms with Crippen molar-refractivity contribution in [2.75, 3.05) is 0 Å². The summed E-state index contributed by atoms with van der Waals surface area (Å²) in [7, 11) is 0. The van der Waals surface area contributed by atoms with Gasteiger partial charge in [-0.3, -0.25) is 0 Å². The van der Waals surface area contributed by atoms with E-state index in [1.165, 1.54) is 27.8 Å². The molecular weight excluding hydrogens is 230 g/mol. The summed E-state index contributed by atoms with van der Waals surface area (Å²) in [5.41, 5.74) is 6.76. The molecule has 2 rings (SSSR count). The average Bonchev–Trinajstić information content (AvgIpc) is 2.36. The Labute approximate surface area is 116 Å². The van der Waals surface area contributed by atoms with Crippen LogP contribution in [0.25, 0.3) is 0 Å². The van der Waals surface area contributed by atoms with Crippen LogP contribution in [0, 0.1) is 20.8 Å². The largest absolute Gasteiger partial charge is 0.306 e. The van der Waals surface area contributed by atoms with Crippen molar-refractivity contribution in [1.29, 1.82) is 0 Å². The van der Waals surface area contributed by atoms with E-state index in [0.29, 0.717) is 6.04 Å². The lowest BCUT2D eigenvalue weighted by Crippen LogP contribution is -2.18. The van der Waals surface area contributed by atoms with Crippen LogP contribution in [0.15, 0.2) is 42.5 Å². The molecule has 0 saturated carbocycles. The highest BCUT2D eigenvalue weighted by atomic mass is 14.9. The molecule has 0 aromatic heterocycles. The van der Waals surface area contributed by atoms with Crippen LogP contribution in [0.4, 0.5) is 0 Å². The normalized spacial score (nSPS) is 12.4. The van der Waals surface area contributed by atoms with E-state index in [-0.39, 0.29) is 0 Å². The first-order valence-corrected chi connectivity index (χ1v) is 6.92. The molecule has 0 amide bonds. The van der Waals surface area contributed by atoms with Crippen LogP contribution in [0.3, 0.4) is 0 Å². The summed E-state index contributed by atoms with van der Waals surface area (Å²) in [6.07, 6.45) is 0. The summed E-state index contributed by atoms with van der Waals surface area (Å²) in [6, 6.07) is 15.7. The molecule has 0 saturated heterocycles. The highest BCUT2D eigenvalue weighted by molar-refractivity contribution is 5.31. The predicted molar refractivity (Wildman–Crippen MR) is 82.3 cm³/mol. The van der Waals surface area contributed by atoms with Gasteiger partial charge in [0.15, 0.2) is 0 Å². The van der Waals surface area contributed by atoms with Crippen molar-refractivity contribution in [2.24, 2.45) is 0 Å². The van der Waals surface area contributed by atoms with Gasteiger partial charge in [-0.15, -0.1) is 0 Å². The highest BCUT2D eigenvalue weighted by Crippen LogP contribution is 2.17. The fourth-order valence-corrected chi connectivity index (χ4v) is 2.45. The Kier molecular flexibility index (Phi) is 4.39. The standard InChI is InChI=1S/C18H23N/c1-13-9-14(2)11-18(10-13)16(4)19-12-17-8-6-5-7-15(17)3/h5-11,16,19H,12H2,1-4H3. The number of rotatable bonds is 4. The average molecular weight is 253 g/mol. The number of hydrogen-bond donors (Lipinski definition) is 1. The maximum absolute atomic E-state index is 3.61. The molecule has 0 heterocycles. The molecule has 1 atom stereocenters. The van der Waals surface area contributed by atoms with Crippen molar-refractivity contribution < 1.29 is 0 Å². The van der Waals surface area contributed by atoms with E-state index < -0.39 is 0 Å². The van der Waals surface area contributed by atoms with E-state index in [1.807, 2.05) is 0 Å². The first-order chi connectivity index (χ1) is 9.06. The zero-order valence-electron chi connectivity index (χ0n) is 12.3. The number of benzene rings is 2. The van der Waals surface area contributed by atoms with E-state index in [0.717, 1.165) is 6.54 Å². The van der Waals surface area contributed by atoms with Crippen LogP contribution in [-0.4, -0.2) is 0 Å². The smallest absolute Gasteiger partial charge is 0.0295 e. The van der Waals surface area contributed by atoms with Crippen LogP contribution in [0.2, 0.25) is 0 Å². The monoisotopic (exact) mass is 253 g/mol. The van der Waals surface area contributed by atoms with Crippen LogP contribution < -0.4 is 5.32 Å². The predicted octanol–water partition coefficient (Wildman–Crippen LogP) is 4.46. The van der Waals surface area contributed by atoms with E-state index in [2.05, 4.69) is 75.5 Å². The van der Waals surface area contributed by atoms with Gasteiger partial charge >= 0.3 is 0 Å². The third kappa shape index (κ3) is 3.68. The zero-order chi connectivity index (χ0) is 13.8. The fourth-order valence-electron chi connectivity index (χ4n) is 2.45. The van der Waals surface area contributed by atoms with Gasteiger partial charge in [-0.2, -0.15) is 0 Å². The summed E-state index contributed by atoms with van der Waals surface area (Å²) in [5, 5.41) is 3.61. The minimum absolute atomic E-state index is 0.373. The Morgan fingerprint density at radius 1 is 0.947 bits per heavy atom. The third-order valence-electron chi connectivity index (χ3n) is 3.60. The lowest BCUT2D eigenvalue weighted by molar-refractivity contribution is 0.573. The Balaban J connectivity index is 2.05. The number of nitrogens with one attached hydrogen (secondary N) is 1. The van der Waals surface area contributed by atoms with Gasteiger partial charge in [0.2, 0.25) is 0 Å². The van der Waals surface area contributed by atoms with Gasteiger partial charge in [-0.05, 0) is 44.4 Å². The molecule has 1 heteroatoms. The topological polar surface area (TPSA) is 12.0 Å². The van der Waals surface area contributed by atoms with Gasteiger partial charge in [0.05, 0.1) is 0 Å². The molecule has 1 unspecified atom stereocenters. The van der Waals surface area contributed by atoms with Crippen molar-refractivity contribution >= 4 is 0 Å². The summed E-state index contributed by atoms with van der Waals surface area (Å²) < 4.78 is 0. The van der Waals surface area contributed by atoms with Gasteiger partial charge in [0, 0.05) is 12.6 Å². The Morgan fingerprint density at radius 3 is 2.21 bits per heavy atom. The molecule has 0 aliphatic heterocycles. The third-order valence-corrected chi connectivity index (χ3v) is 3.60. The second-order valence-electron chi connectivity index (χ2n) is 5.45. The molecule has 0 fully saturated rings. The molecule has 1 nitrogen and oxygen atoms in total. The van der Waals surface area contributed by atoms with Crippen LogP contribution >= 0.6 is 0 Å². The molecule has 0 bridgehead atoms. The van der Waals surface area contributed by atoms with Gasteiger partial charge in [-0.1, -0.05) is 53.6 Å². The molecule has 0 spiro atoms. The number of aryl methyl sites for hydroxylation is 3. The van der Waals surface area contributed by atoms with E-state index in [4.69, 9.17) is 0 Å². The van der Waals surface area contributed by atoms with Gasteiger partial charge in [0.25, 0.3) is 0 Å². The summed E-state index contributed by atoms with van der Waals surface area (Å²) in [5.74, 6) is 0. The van der Waals surface area contributed by atoms with Crippen molar-refractivity contribution in [1.82, 2.24) is 5.32 Å². The maximum Gasteiger partial charge on any atom is 0.0295 e. The fraction of sp³-hybridized carbons (Fsp3) is 0.333. The Hall–Kier alpha value is -1.60. The lowest BCUT2D eigenvalue weighted by Gasteiger charge is -2.16. The molecule has 19 heavy (non-hydrogen) atoms. The lowest BCUT2D eigenvalue weighted by atomic mass is 10.0. The minimum Gasteiger partial charge on any atom is -0.306 e. The molecule has 0 aliphatic carbocycles. The molecule has 2 aromatic rings. The van der Waals surface area contributed by atoms with Gasteiger partial charge < -0.3 is 5.32 Å². The Bertz CT molecular complexity index is 537. The second kappa shape index (κ2) is 6.03. The van der Waals surface area contributed by atoms with Crippen molar-refractivity contribution in [3.63, 3.8) is 0 Å². The highest BCUT2D eigenvalue weighted by Gasteiger charge is 2.06. The summed E-state index contributed by atoms with van der Waals surface area (Å²) in [4.78, 5) is 0. The minimum atomic E-state index is 0.373. The van der Waals surface area contributed by atoms with E-state index in [9.17, 15) is 0 Å². The molecule has 2 aromatic carbocycles. The van der Waals surface area contributed by atoms with Crippen LogP contribution in [0.1, 0.15) is 40.8 Å². The van der Waals surface area contributed by atoms with Gasteiger partial charge in [0.1, 0.15) is 0 Å². The SMILES string of the molecule is Cc1cc(C)cc(C(C)NCc2ccccc2C)c1. The molecule has 100 valence electrons. The van der Waals surface area contributed by atoms with Crippen molar-refractivity contribution in [3.8, 4) is 0 Å². The molecular formula is C18H23N. The maximum atomic E-state index is 3.61. The molecule has 0 aliphatic rings. The first kappa shape index (κ1) is 13.8. The van der Waals surface area contributed by atoms with Gasteiger partial charge in [-0.25, -0.2) is 0 Å². The van der Waals surface area contributed by atoms with E-state index in [1.54, 1.807) is 0 Å². The van der Waals surface area contributed by atoms with E-state index >= 15 is 0 Å². The van der Waals surface area contributed by atoms with Crippen molar-refractivity contribution in [2.45, 2.75) is 40.3 Å². The second-order valence-corrected chi connectivity index (χ2v) is 5.45. The number of hydrogen-bond acceptors (Lipinski definition) is 1. The zero-order valence-corrected chi connectivity index (χ0v) is 12.3. The van der Waals surface area contributed by atoms with Crippen LogP contribution in [0.5, 0.6) is 0 Å². The first-order valence-electron chi connectivity index (χ1n) is 6.92. The van der Waals surface area contributed by atoms with Crippen molar-refractivity contribution in [3.05, 3.63) is 70.3 Å². The Morgan fingerprint density at radius 2 is 1.58 bits per heavy atom. The molecule has 0 radical (unpaired) electrons. The summed E-state index contributed by atoms with van der Waals surface area (Å²) >= 11 is 0. The summed E-state index contributed by atoms with van der Waals surface area (Å²) in [6.45, 7) is 9.63.